The Hall–Kier alpha value is -2.24. The standard InChI is InChI=1S/C17H33N5O6/c1-3-10(2)14(16(26)21-12(9-23)17(27)28)22-13(24)8-20-15(25)11(19)6-4-5-7-18/h10-12,14,23H,3-9,18-19H2,1-2H3,(H,20,25)(H,21,26)(H,22,24)(H,27,28). The van der Waals surface area contributed by atoms with Crippen LogP contribution >= 0.6 is 0 Å². The molecule has 3 amide bonds. The van der Waals surface area contributed by atoms with Crippen LogP contribution in [0.5, 0.6) is 0 Å². The molecule has 9 N–H and O–H groups in total. The maximum Gasteiger partial charge on any atom is 0.328 e. The second-order valence-corrected chi connectivity index (χ2v) is 6.62. The Balaban J connectivity index is 4.71. The highest BCUT2D eigenvalue weighted by atomic mass is 16.4. The average Bonchev–Trinajstić information content (AvgIpc) is 2.67. The summed E-state index contributed by atoms with van der Waals surface area (Å²) in [6.07, 6.45) is 2.43. The largest absolute Gasteiger partial charge is 0.480 e. The lowest BCUT2D eigenvalue weighted by molar-refractivity contribution is -0.143. The fraction of sp³-hybridized carbons (Fsp3) is 0.765. The van der Waals surface area contributed by atoms with Gasteiger partial charge in [-0.15, -0.1) is 0 Å². The molecule has 11 nitrogen and oxygen atoms in total. The Morgan fingerprint density at radius 2 is 1.71 bits per heavy atom. The summed E-state index contributed by atoms with van der Waals surface area (Å²) in [5.74, 6) is -3.51. The van der Waals surface area contributed by atoms with Crippen molar-refractivity contribution in [3.05, 3.63) is 0 Å². The molecule has 0 aliphatic heterocycles. The first-order valence-electron chi connectivity index (χ1n) is 9.34. The number of hydrogen-bond donors (Lipinski definition) is 7. The number of carboxylic acids is 1. The number of nitrogens with two attached hydrogens (primary N) is 2. The Morgan fingerprint density at radius 1 is 1.07 bits per heavy atom. The Kier molecular flexibility index (Phi) is 12.7. The third-order valence-corrected chi connectivity index (χ3v) is 4.34. The number of nitrogens with one attached hydrogen (secondary N) is 3. The molecule has 162 valence electrons. The number of hydrogen-bond acceptors (Lipinski definition) is 7. The molecular formula is C17H33N5O6. The highest BCUT2D eigenvalue weighted by molar-refractivity contribution is 5.92. The quantitative estimate of drug-likeness (QED) is 0.156. The molecule has 0 aliphatic carbocycles. The van der Waals surface area contributed by atoms with Gasteiger partial charge >= 0.3 is 5.97 Å². The van der Waals surface area contributed by atoms with Crippen LogP contribution in [0.2, 0.25) is 0 Å². The monoisotopic (exact) mass is 403 g/mol. The van der Waals surface area contributed by atoms with Crippen LogP contribution in [0.15, 0.2) is 0 Å². The molecule has 0 aromatic carbocycles. The first kappa shape index (κ1) is 25.8. The van der Waals surface area contributed by atoms with Crippen molar-refractivity contribution in [2.75, 3.05) is 19.7 Å². The second-order valence-electron chi connectivity index (χ2n) is 6.62. The summed E-state index contributed by atoms with van der Waals surface area (Å²) in [7, 11) is 0. The molecule has 4 unspecified atom stereocenters. The van der Waals surface area contributed by atoms with Crippen LogP contribution in [0.4, 0.5) is 0 Å². The van der Waals surface area contributed by atoms with Crippen LogP contribution in [0, 0.1) is 5.92 Å². The molecule has 4 atom stereocenters. The summed E-state index contributed by atoms with van der Waals surface area (Å²) >= 11 is 0. The number of unbranched alkanes of at least 4 members (excludes halogenated alkanes) is 1. The van der Waals surface area contributed by atoms with Crippen LogP contribution in [-0.4, -0.2) is 71.7 Å². The number of aliphatic carboxylic acids is 1. The zero-order valence-corrected chi connectivity index (χ0v) is 16.4. The molecule has 0 fully saturated rings. The molecule has 0 saturated heterocycles. The molecule has 0 radical (unpaired) electrons. The van der Waals surface area contributed by atoms with Crippen molar-refractivity contribution in [1.82, 2.24) is 16.0 Å². The Morgan fingerprint density at radius 3 is 2.21 bits per heavy atom. The minimum atomic E-state index is -1.47. The van der Waals surface area contributed by atoms with E-state index >= 15 is 0 Å². The van der Waals surface area contributed by atoms with E-state index in [1.54, 1.807) is 13.8 Å². The average molecular weight is 403 g/mol. The summed E-state index contributed by atoms with van der Waals surface area (Å²) in [5, 5.41) is 25.0. The molecule has 0 saturated carbocycles. The molecule has 0 heterocycles. The van der Waals surface area contributed by atoms with E-state index in [0.717, 1.165) is 6.42 Å². The van der Waals surface area contributed by atoms with Gasteiger partial charge in [0.05, 0.1) is 19.2 Å². The lowest BCUT2D eigenvalue weighted by Gasteiger charge is -2.25. The first-order chi connectivity index (χ1) is 13.2. The van der Waals surface area contributed by atoms with Crippen LogP contribution in [0.3, 0.4) is 0 Å². The van der Waals surface area contributed by atoms with Crippen LogP contribution in [-0.2, 0) is 19.2 Å². The SMILES string of the molecule is CCC(C)C(NC(=O)CNC(=O)C(N)CCCCN)C(=O)NC(CO)C(=O)O. The van der Waals surface area contributed by atoms with E-state index in [-0.39, 0.29) is 12.5 Å². The maximum absolute atomic E-state index is 12.3. The minimum Gasteiger partial charge on any atom is -0.480 e. The molecule has 0 aromatic heterocycles. The zero-order chi connectivity index (χ0) is 21.7. The van der Waals surface area contributed by atoms with E-state index in [4.69, 9.17) is 21.7 Å². The van der Waals surface area contributed by atoms with Crippen LogP contribution < -0.4 is 27.4 Å². The molecule has 28 heavy (non-hydrogen) atoms. The van der Waals surface area contributed by atoms with Gasteiger partial charge in [0.15, 0.2) is 0 Å². The van der Waals surface area contributed by atoms with Crippen molar-refractivity contribution in [3.8, 4) is 0 Å². The number of carbonyl (C=O) groups excluding carboxylic acids is 3. The number of aliphatic hydroxyl groups is 1. The molecule has 0 aliphatic rings. The maximum atomic E-state index is 12.3. The van der Waals surface area contributed by atoms with E-state index in [1.807, 2.05) is 0 Å². The summed E-state index contributed by atoms with van der Waals surface area (Å²) < 4.78 is 0. The van der Waals surface area contributed by atoms with Gasteiger partial charge in [-0.3, -0.25) is 14.4 Å². The summed E-state index contributed by atoms with van der Waals surface area (Å²) in [4.78, 5) is 47.3. The summed E-state index contributed by atoms with van der Waals surface area (Å²) in [6.45, 7) is 2.88. The van der Waals surface area contributed by atoms with Crippen molar-refractivity contribution >= 4 is 23.7 Å². The predicted molar refractivity (Wildman–Crippen MR) is 102 cm³/mol. The molecule has 11 heteroatoms. The van der Waals surface area contributed by atoms with Gasteiger partial charge in [-0.1, -0.05) is 26.7 Å². The van der Waals surface area contributed by atoms with Crippen molar-refractivity contribution in [2.24, 2.45) is 17.4 Å². The minimum absolute atomic E-state index is 0.300. The van der Waals surface area contributed by atoms with Crippen molar-refractivity contribution in [3.63, 3.8) is 0 Å². The van der Waals surface area contributed by atoms with Crippen LogP contribution in [0.25, 0.3) is 0 Å². The lowest BCUT2D eigenvalue weighted by atomic mass is 9.98. The number of rotatable bonds is 14. The van der Waals surface area contributed by atoms with Gasteiger partial charge in [0.2, 0.25) is 17.7 Å². The zero-order valence-electron chi connectivity index (χ0n) is 16.4. The topological polar surface area (TPSA) is 197 Å². The van der Waals surface area contributed by atoms with Crippen molar-refractivity contribution in [1.29, 1.82) is 0 Å². The Bertz CT molecular complexity index is 530. The van der Waals surface area contributed by atoms with Gasteiger partial charge in [-0.25, -0.2) is 4.79 Å². The smallest absolute Gasteiger partial charge is 0.328 e. The van der Waals surface area contributed by atoms with E-state index in [0.29, 0.717) is 25.8 Å². The lowest BCUT2D eigenvalue weighted by Crippen LogP contribution is -2.56. The molecular weight excluding hydrogens is 370 g/mol. The number of carboxylic acid groups (broad SMARTS) is 1. The predicted octanol–water partition coefficient (Wildman–Crippen LogP) is -2.35. The van der Waals surface area contributed by atoms with E-state index in [9.17, 15) is 19.2 Å². The van der Waals surface area contributed by atoms with E-state index < -0.39 is 48.4 Å². The van der Waals surface area contributed by atoms with Crippen molar-refractivity contribution < 1.29 is 29.4 Å². The highest BCUT2D eigenvalue weighted by Gasteiger charge is 2.29. The molecule has 0 spiro atoms. The fourth-order valence-electron chi connectivity index (χ4n) is 2.31. The van der Waals surface area contributed by atoms with Crippen LogP contribution in [0.1, 0.15) is 39.5 Å². The number of amides is 3. The van der Waals surface area contributed by atoms with Gasteiger partial charge < -0.3 is 37.6 Å². The highest BCUT2D eigenvalue weighted by Crippen LogP contribution is 2.08. The van der Waals surface area contributed by atoms with E-state index in [1.165, 1.54) is 0 Å². The van der Waals surface area contributed by atoms with Gasteiger partial charge in [-0.05, 0) is 25.3 Å². The fourth-order valence-corrected chi connectivity index (χ4v) is 2.31. The second kappa shape index (κ2) is 13.9. The molecule has 0 aromatic rings. The molecule has 0 bridgehead atoms. The van der Waals surface area contributed by atoms with E-state index in [2.05, 4.69) is 16.0 Å². The number of aliphatic hydroxyl groups excluding tert-OH is 1. The Labute approximate surface area is 164 Å². The van der Waals surface area contributed by atoms with Gasteiger partial charge in [0.1, 0.15) is 12.1 Å². The van der Waals surface area contributed by atoms with Crippen molar-refractivity contribution in [2.45, 2.75) is 57.7 Å². The van der Waals surface area contributed by atoms with Gasteiger partial charge in [0, 0.05) is 0 Å². The normalized spacial score (nSPS) is 15.0. The first-order valence-corrected chi connectivity index (χ1v) is 9.34. The van der Waals surface area contributed by atoms with Gasteiger partial charge in [-0.2, -0.15) is 0 Å². The summed E-state index contributed by atoms with van der Waals surface area (Å²) in [5.41, 5.74) is 11.1. The van der Waals surface area contributed by atoms with Gasteiger partial charge in [0.25, 0.3) is 0 Å². The third kappa shape index (κ3) is 9.62. The summed E-state index contributed by atoms with van der Waals surface area (Å²) in [6, 6.07) is -3.24. The third-order valence-electron chi connectivity index (χ3n) is 4.34. The number of carbonyl (C=O) groups is 4. The molecule has 0 rings (SSSR count).